The average Bonchev–Trinajstić information content (AvgIpc) is 3.22. The second kappa shape index (κ2) is 10.9. The zero-order valence-electron chi connectivity index (χ0n) is 17.7. The highest BCUT2D eigenvalue weighted by atomic mass is 16.5. The van der Waals surface area contributed by atoms with Crippen LogP contribution in [-0.2, 0) is 11.3 Å². The Balaban J connectivity index is 1.65. The molecule has 0 saturated carbocycles. The van der Waals surface area contributed by atoms with Crippen LogP contribution < -0.4 is 10.6 Å². The number of benzene rings is 1. The Morgan fingerprint density at radius 1 is 1.17 bits per heavy atom. The summed E-state index contributed by atoms with van der Waals surface area (Å²) >= 11 is 0. The minimum atomic E-state index is 0.440. The Labute approximate surface area is 173 Å². The van der Waals surface area contributed by atoms with Gasteiger partial charge in [0.2, 0.25) is 0 Å². The Morgan fingerprint density at radius 2 is 1.93 bits per heavy atom. The molecule has 0 bridgehead atoms. The van der Waals surface area contributed by atoms with Crippen molar-refractivity contribution in [3.05, 3.63) is 42.5 Å². The molecule has 1 unspecified atom stereocenters. The quantitative estimate of drug-likeness (QED) is 0.519. The molecule has 1 aromatic carbocycles. The molecule has 0 radical (unpaired) electrons. The summed E-state index contributed by atoms with van der Waals surface area (Å²) in [6, 6.07) is 10.5. The molecule has 1 aliphatic heterocycles. The van der Waals surface area contributed by atoms with Gasteiger partial charge in [-0.1, -0.05) is 32.0 Å². The van der Waals surface area contributed by atoms with Crippen molar-refractivity contribution >= 4 is 5.96 Å². The number of morpholine rings is 1. The maximum atomic E-state index is 5.51. The number of hydrogen-bond acceptors (Lipinski definition) is 5. The number of para-hydroxylation sites is 1. The second-order valence-corrected chi connectivity index (χ2v) is 7.49. The van der Waals surface area contributed by atoms with E-state index < -0.39 is 0 Å². The van der Waals surface area contributed by atoms with Gasteiger partial charge in [0, 0.05) is 37.9 Å². The number of ether oxygens (including phenoxy) is 1. The van der Waals surface area contributed by atoms with Crippen LogP contribution in [0.4, 0.5) is 0 Å². The normalized spacial score (nSPS) is 16.8. The molecule has 2 heterocycles. The number of aromatic nitrogens is 3. The SMILES string of the molecule is CCNC(=NCc1nncn1-c1ccccc1)NCC(C(C)C)N1CCOCC1. The van der Waals surface area contributed by atoms with E-state index in [-0.39, 0.29) is 0 Å². The minimum Gasteiger partial charge on any atom is -0.379 e. The lowest BCUT2D eigenvalue weighted by molar-refractivity contribution is 0.00752. The Hall–Kier alpha value is -2.45. The lowest BCUT2D eigenvalue weighted by Crippen LogP contribution is -2.52. The summed E-state index contributed by atoms with van der Waals surface area (Å²) in [6.45, 7) is 12.3. The summed E-state index contributed by atoms with van der Waals surface area (Å²) in [5.74, 6) is 2.15. The van der Waals surface area contributed by atoms with Crippen molar-refractivity contribution in [1.82, 2.24) is 30.3 Å². The van der Waals surface area contributed by atoms with Crippen molar-refractivity contribution in [2.75, 3.05) is 39.4 Å². The highest BCUT2D eigenvalue weighted by Crippen LogP contribution is 2.12. The number of hydrogen-bond donors (Lipinski definition) is 2. The first-order valence-corrected chi connectivity index (χ1v) is 10.5. The first-order valence-electron chi connectivity index (χ1n) is 10.5. The maximum absolute atomic E-state index is 5.51. The summed E-state index contributed by atoms with van der Waals surface area (Å²) in [7, 11) is 0. The topological polar surface area (TPSA) is 79.6 Å². The molecule has 0 aliphatic carbocycles. The van der Waals surface area contributed by atoms with Gasteiger partial charge in [0.15, 0.2) is 11.8 Å². The lowest BCUT2D eigenvalue weighted by atomic mass is 10.0. The molecule has 2 aromatic rings. The molecule has 0 amide bonds. The largest absolute Gasteiger partial charge is 0.379 e. The molecule has 1 atom stereocenters. The molecule has 8 nitrogen and oxygen atoms in total. The molecule has 3 rings (SSSR count). The fraction of sp³-hybridized carbons (Fsp3) is 0.571. The van der Waals surface area contributed by atoms with Gasteiger partial charge >= 0.3 is 0 Å². The summed E-state index contributed by atoms with van der Waals surface area (Å²) in [6.07, 6.45) is 1.73. The number of nitrogens with one attached hydrogen (secondary N) is 2. The van der Waals surface area contributed by atoms with E-state index in [1.54, 1.807) is 6.33 Å². The first-order chi connectivity index (χ1) is 14.2. The molecule has 1 fully saturated rings. The van der Waals surface area contributed by atoms with Crippen LogP contribution >= 0.6 is 0 Å². The van der Waals surface area contributed by atoms with E-state index in [9.17, 15) is 0 Å². The van der Waals surface area contributed by atoms with Crippen molar-refractivity contribution in [2.45, 2.75) is 33.4 Å². The van der Waals surface area contributed by atoms with Crippen LogP contribution in [0.5, 0.6) is 0 Å². The smallest absolute Gasteiger partial charge is 0.191 e. The summed E-state index contributed by atoms with van der Waals surface area (Å²) in [4.78, 5) is 7.26. The molecule has 1 saturated heterocycles. The van der Waals surface area contributed by atoms with Crippen molar-refractivity contribution < 1.29 is 4.74 Å². The number of rotatable bonds is 8. The molecule has 158 valence electrons. The number of nitrogens with zero attached hydrogens (tertiary/aromatic N) is 5. The van der Waals surface area contributed by atoms with Gasteiger partial charge in [-0.05, 0) is 25.0 Å². The van der Waals surface area contributed by atoms with E-state index in [4.69, 9.17) is 9.73 Å². The highest BCUT2D eigenvalue weighted by Gasteiger charge is 2.23. The van der Waals surface area contributed by atoms with E-state index in [0.717, 1.165) is 56.9 Å². The zero-order chi connectivity index (χ0) is 20.5. The van der Waals surface area contributed by atoms with E-state index in [1.807, 2.05) is 34.9 Å². The van der Waals surface area contributed by atoms with Gasteiger partial charge in [0.1, 0.15) is 12.9 Å². The monoisotopic (exact) mass is 399 g/mol. The molecule has 8 heteroatoms. The van der Waals surface area contributed by atoms with Crippen molar-refractivity contribution in [2.24, 2.45) is 10.9 Å². The summed E-state index contributed by atoms with van der Waals surface area (Å²) < 4.78 is 7.48. The third-order valence-electron chi connectivity index (χ3n) is 5.14. The van der Waals surface area contributed by atoms with E-state index >= 15 is 0 Å². The van der Waals surface area contributed by atoms with Gasteiger partial charge in [0.25, 0.3) is 0 Å². The fourth-order valence-corrected chi connectivity index (χ4v) is 3.56. The van der Waals surface area contributed by atoms with Crippen LogP contribution in [0.1, 0.15) is 26.6 Å². The van der Waals surface area contributed by atoms with Crippen LogP contribution in [0.2, 0.25) is 0 Å². The van der Waals surface area contributed by atoms with Gasteiger partial charge in [-0.15, -0.1) is 10.2 Å². The third-order valence-corrected chi connectivity index (χ3v) is 5.14. The Morgan fingerprint density at radius 3 is 2.62 bits per heavy atom. The van der Waals surface area contributed by atoms with E-state index in [0.29, 0.717) is 18.5 Å². The average molecular weight is 400 g/mol. The van der Waals surface area contributed by atoms with Gasteiger partial charge in [0.05, 0.1) is 13.2 Å². The Kier molecular flexibility index (Phi) is 8.01. The van der Waals surface area contributed by atoms with Crippen LogP contribution in [-0.4, -0.2) is 71.1 Å². The van der Waals surface area contributed by atoms with E-state index in [2.05, 4.69) is 46.5 Å². The van der Waals surface area contributed by atoms with Crippen LogP contribution in [0.3, 0.4) is 0 Å². The minimum absolute atomic E-state index is 0.440. The second-order valence-electron chi connectivity index (χ2n) is 7.49. The van der Waals surface area contributed by atoms with Gasteiger partial charge < -0.3 is 15.4 Å². The van der Waals surface area contributed by atoms with Crippen molar-refractivity contribution in [3.63, 3.8) is 0 Å². The molecular weight excluding hydrogens is 366 g/mol. The van der Waals surface area contributed by atoms with Crippen molar-refractivity contribution in [3.8, 4) is 5.69 Å². The van der Waals surface area contributed by atoms with E-state index in [1.165, 1.54) is 0 Å². The maximum Gasteiger partial charge on any atom is 0.191 e. The molecule has 2 N–H and O–H groups in total. The van der Waals surface area contributed by atoms with Crippen molar-refractivity contribution in [1.29, 1.82) is 0 Å². The highest BCUT2D eigenvalue weighted by molar-refractivity contribution is 5.79. The first kappa shape index (κ1) is 21.3. The standard InChI is InChI=1S/C21H33N7O/c1-4-22-21(23-14-19(17(2)3)27-10-12-29-13-11-27)24-15-20-26-25-16-28(20)18-8-6-5-7-9-18/h5-9,16-17,19H,4,10-15H2,1-3H3,(H2,22,23,24). The van der Waals surface area contributed by atoms with Gasteiger partial charge in [-0.3, -0.25) is 9.47 Å². The summed E-state index contributed by atoms with van der Waals surface area (Å²) in [5.41, 5.74) is 1.04. The van der Waals surface area contributed by atoms with Crippen LogP contribution in [0.25, 0.3) is 5.69 Å². The predicted octanol–water partition coefficient (Wildman–Crippen LogP) is 1.68. The van der Waals surface area contributed by atoms with Gasteiger partial charge in [-0.25, -0.2) is 4.99 Å². The third kappa shape index (κ3) is 6.01. The molecule has 29 heavy (non-hydrogen) atoms. The predicted molar refractivity (Wildman–Crippen MR) is 115 cm³/mol. The van der Waals surface area contributed by atoms with Crippen LogP contribution in [0.15, 0.2) is 41.7 Å². The molecule has 1 aliphatic rings. The Bertz CT molecular complexity index is 753. The number of aliphatic imine (C=N–C) groups is 1. The molecular formula is C21H33N7O. The summed E-state index contributed by atoms with van der Waals surface area (Å²) in [5, 5.41) is 15.2. The van der Waals surface area contributed by atoms with Gasteiger partial charge in [-0.2, -0.15) is 0 Å². The van der Waals surface area contributed by atoms with Crippen LogP contribution in [0, 0.1) is 5.92 Å². The fourth-order valence-electron chi connectivity index (χ4n) is 3.56. The molecule has 1 aromatic heterocycles. The lowest BCUT2D eigenvalue weighted by Gasteiger charge is -2.37. The number of guanidine groups is 1. The molecule has 0 spiro atoms. The zero-order valence-corrected chi connectivity index (χ0v) is 17.7.